The Morgan fingerprint density at radius 2 is 1.61 bits per heavy atom. The molecule has 0 aromatic heterocycles. The molecule has 1 aromatic rings. The van der Waals surface area contributed by atoms with Gasteiger partial charge in [-0.15, -0.1) is 0 Å². The second-order valence-electron chi connectivity index (χ2n) is 21.4. The van der Waals surface area contributed by atoms with Crippen molar-refractivity contribution in [3.8, 4) is 0 Å². The summed E-state index contributed by atoms with van der Waals surface area (Å²) in [6.45, 7) is 19.3. The summed E-state index contributed by atoms with van der Waals surface area (Å²) in [5.74, 6) is -4.31. The highest BCUT2D eigenvalue weighted by Gasteiger charge is 2.53. The highest BCUT2D eigenvalue weighted by molar-refractivity contribution is 5.87. The number of nitrogens with one attached hydrogen (secondary N) is 2. The van der Waals surface area contributed by atoms with Crippen molar-refractivity contribution in [1.29, 1.82) is 0 Å². The molecule has 18 nitrogen and oxygen atoms in total. The number of benzene rings is 1. The van der Waals surface area contributed by atoms with Gasteiger partial charge in [0.25, 0.3) is 0 Å². The van der Waals surface area contributed by atoms with E-state index in [0.29, 0.717) is 24.9 Å². The average molecular weight is 999 g/mol. The van der Waals surface area contributed by atoms with Gasteiger partial charge >= 0.3 is 5.97 Å². The molecule has 3 heterocycles. The number of likely N-dealkylation sites (N-methyl/N-ethyl adjacent to an activating group) is 1. The van der Waals surface area contributed by atoms with Gasteiger partial charge in [-0.2, -0.15) is 0 Å². The maximum Gasteiger partial charge on any atom is 0.311 e. The number of nitrogens with zero attached hydrogens (tertiary/aromatic N) is 2. The molecule has 0 bridgehead atoms. The monoisotopic (exact) mass is 999 g/mol. The number of aliphatic hydroxyl groups excluding tert-OH is 3. The fraction of sp³-hybridized carbons (Fsp3) is 0.824. The molecule has 7 N–H and O–H groups in total. The average Bonchev–Trinajstić information content (AvgIpc) is 3.28. The predicted octanol–water partition coefficient (Wildman–Crippen LogP) is 2.66. The summed E-state index contributed by atoms with van der Waals surface area (Å²) in [5, 5.41) is 65.6. The number of rotatable bonds is 15. The van der Waals surface area contributed by atoms with Gasteiger partial charge in [0.1, 0.15) is 41.9 Å². The summed E-state index contributed by atoms with van der Waals surface area (Å²) >= 11 is 0. The lowest BCUT2D eigenvalue weighted by Crippen LogP contribution is -2.60. The Bertz CT molecular complexity index is 1830. The van der Waals surface area contributed by atoms with E-state index in [2.05, 4.69) is 10.6 Å². The minimum Gasteiger partial charge on any atom is -0.459 e. The molecule has 19 heteroatoms. The number of carbonyl (C=O) groups excluding carboxylic acids is 3. The highest BCUT2D eigenvalue weighted by atomic mass is 19.1. The van der Waals surface area contributed by atoms with Crippen LogP contribution in [-0.4, -0.2) is 190 Å². The highest BCUT2D eigenvalue weighted by Crippen LogP contribution is 2.40. The first-order valence-corrected chi connectivity index (χ1v) is 25.1. The van der Waals surface area contributed by atoms with Crippen molar-refractivity contribution in [2.24, 2.45) is 17.8 Å². The van der Waals surface area contributed by atoms with Gasteiger partial charge in [0, 0.05) is 64.5 Å². The fourth-order valence-electron chi connectivity index (χ4n) is 10.8. The van der Waals surface area contributed by atoms with Gasteiger partial charge in [-0.05, 0) is 112 Å². The van der Waals surface area contributed by atoms with E-state index in [0.717, 1.165) is 0 Å². The third kappa shape index (κ3) is 15.1. The van der Waals surface area contributed by atoms with Gasteiger partial charge in [0.15, 0.2) is 12.6 Å². The normalized spacial score (nSPS) is 40.1. The topological polar surface area (TPSA) is 238 Å². The minimum absolute atomic E-state index is 0.0766. The summed E-state index contributed by atoms with van der Waals surface area (Å²) in [6, 6.07) is 3.65. The van der Waals surface area contributed by atoms with Gasteiger partial charge < -0.3 is 69.5 Å². The van der Waals surface area contributed by atoms with E-state index in [1.54, 1.807) is 60.6 Å². The van der Waals surface area contributed by atoms with E-state index in [-0.39, 0.29) is 56.8 Å². The molecule has 70 heavy (non-hydrogen) atoms. The molecular weight excluding hydrogens is 912 g/mol. The van der Waals surface area contributed by atoms with Gasteiger partial charge in [0.2, 0.25) is 11.8 Å². The SMILES string of the molecule is CC[C@H]1OC(=O)[C@H](C)[C@@H](O[C@H]2C[C@@](C)(OC)[C@@H](O)[C@H](C)O2)[C@H](C)[C@@H](O[C@@H]2O[C@H](C)C[C@H](N(C)C)[C@H]2O)[C@](C)(O)C[C@@H](C)CN(CCCNC(=O)[C@H](Cc2ccc(F)cc2)NC(C)=O)[C@H](C)[C@@H](O)[C@]1(C)O. The van der Waals surface area contributed by atoms with E-state index in [9.17, 15) is 44.3 Å². The van der Waals surface area contributed by atoms with Gasteiger partial charge in [0.05, 0.1) is 41.5 Å². The molecule has 3 fully saturated rings. The quantitative estimate of drug-likeness (QED) is 0.0988. The molecule has 0 unspecified atom stereocenters. The van der Waals surface area contributed by atoms with Crippen LogP contribution in [0.5, 0.6) is 0 Å². The van der Waals surface area contributed by atoms with Crippen LogP contribution in [0.1, 0.15) is 114 Å². The number of ether oxygens (including phenoxy) is 6. The Kier molecular flexibility index (Phi) is 21.6. The number of hydrogen-bond donors (Lipinski definition) is 7. The zero-order chi connectivity index (χ0) is 52.6. The van der Waals surface area contributed by atoms with Crippen LogP contribution >= 0.6 is 0 Å². The maximum absolute atomic E-state index is 14.6. The lowest BCUT2D eigenvalue weighted by atomic mass is 9.77. The van der Waals surface area contributed by atoms with Crippen LogP contribution in [0.25, 0.3) is 0 Å². The van der Waals surface area contributed by atoms with Gasteiger partial charge in [-0.3, -0.25) is 19.3 Å². The molecule has 402 valence electrons. The molecule has 4 rings (SSSR count). The number of halogens is 1. The van der Waals surface area contributed by atoms with Gasteiger partial charge in [-0.25, -0.2) is 4.39 Å². The molecule has 2 amide bonds. The molecule has 0 spiro atoms. The van der Waals surface area contributed by atoms with Crippen LogP contribution in [0.4, 0.5) is 4.39 Å². The van der Waals surface area contributed by atoms with Crippen LogP contribution in [0.15, 0.2) is 24.3 Å². The number of amides is 2. The lowest BCUT2D eigenvalue weighted by Gasteiger charge is -2.48. The third-order valence-corrected chi connectivity index (χ3v) is 15.0. The van der Waals surface area contributed by atoms with Crippen LogP contribution in [-0.2, 0) is 49.2 Å². The van der Waals surface area contributed by atoms with E-state index in [1.165, 1.54) is 33.1 Å². The van der Waals surface area contributed by atoms with Crippen molar-refractivity contribution in [2.75, 3.05) is 40.8 Å². The smallest absolute Gasteiger partial charge is 0.311 e. The Hall–Kier alpha value is -2.92. The summed E-state index contributed by atoms with van der Waals surface area (Å²) in [4.78, 5) is 44.0. The fourth-order valence-corrected chi connectivity index (χ4v) is 10.8. The minimum atomic E-state index is -1.98. The van der Waals surface area contributed by atoms with E-state index >= 15 is 0 Å². The first-order chi connectivity index (χ1) is 32.6. The lowest BCUT2D eigenvalue weighted by molar-refractivity contribution is -0.318. The summed E-state index contributed by atoms with van der Waals surface area (Å²) < 4.78 is 51.6. The summed E-state index contributed by atoms with van der Waals surface area (Å²) in [6.07, 6.45) is -9.01. The van der Waals surface area contributed by atoms with Crippen molar-refractivity contribution >= 4 is 17.8 Å². The number of aliphatic hydroxyl groups is 5. The van der Waals surface area contributed by atoms with Crippen LogP contribution < -0.4 is 10.6 Å². The van der Waals surface area contributed by atoms with Crippen molar-refractivity contribution in [2.45, 2.75) is 211 Å². The molecule has 0 radical (unpaired) electrons. The van der Waals surface area contributed by atoms with Crippen molar-refractivity contribution < 1.29 is 72.7 Å². The molecule has 3 aliphatic rings. The molecule has 1 aromatic carbocycles. The second-order valence-corrected chi connectivity index (χ2v) is 21.4. The summed E-state index contributed by atoms with van der Waals surface area (Å²) in [5.41, 5.74) is -4.11. The number of cyclic esters (lactones) is 1. The molecule has 0 saturated carbocycles. The van der Waals surface area contributed by atoms with Crippen molar-refractivity contribution in [3.05, 3.63) is 35.6 Å². The number of hydrogen-bond acceptors (Lipinski definition) is 16. The van der Waals surface area contributed by atoms with Crippen molar-refractivity contribution in [3.63, 3.8) is 0 Å². The predicted molar refractivity (Wildman–Crippen MR) is 258 cm³/mol. The summed E-state index contributed by atoms with van der Waals surface area (Å²) in [7, 11) is 5.20. The first kappa shape index (κ1) is 59.6. The largest absolute Gasteiger partial charge is 0.459 e. The molecule has 3 aliphatic heterocycles. The number of methoxy groups -OCH3 is 1. The zero-order valence-electron chi connectivity index (χ0n) is 44.1. The van der Waals surface area contributed by atoms with E-state index in [1.807, 2.05) is 37.7 Å². The van der Waals surface area contributed by atoms with E-state index in [4.69, 9.17) is 28.4 Å². The van der Waals surface area contributed by atoms with Crippen LogP contribution in [0.3, 0.4) is 0 Å². The number of esters is 1. The maximum atomic E-state index is 14.6. The zero-order valence-corrected chi connectivity index (χ0v) is 44.1. The second kappa shape index (κ2) is 25.3. The van der Waals surface area contributed by atoms with Crippen LogP contribution in [0, 0.1) is 23.6 Å². The third-order valence-electron chi connectivity index (χ3n) is 15.0. The number of carbonyl (C=O) groups is 3. The molecule has 0 aliphatic carbocycles. The molecule has 19 atom stereocenters. The van der Waals surface area contributed by atoms with Gasteiger partial charge in [-0.1, -0.05) is 32.9 Å². The van der Waals surface area contributed by atoms with Crippen molar-refractivity contribution in [1.82, 2.24) is 20.4 Å². The Balaban J connectivity index is 1.73. The Morgan fingerprint density at radius 1 is 0.971 bits per heavy atom. The first-order valence-electron chi connectivity index (χ1n) is 25.1. The Morgan fingerprint density at radius 3 is 2.20 bits per heavy atom. The standard InChI is InChI=1S/C51H87FN4O14/c1-15-39-51(11,64)43(59)32(6)56(22-16-21-53-46(61)37(54-34(8)57)24-35-17-19-36(52)20-18-35)27-28(2)25-49(9,63)45(70-48-41(58)38(55(12)13)23-29(3)66-48)30(4)42(31(5)47(62)68-39)69-40-26-50(10,65-14)44(60)33(7)67-40/h17-20,28-33,37-45,48,58-60,63-64H,15-16,21-27H2,1-14H3,(H,53,61)(H,54,57)/t28-,29-,30+,31-,32-,33+,37+,38+,39-,40+,41-,42+,43-,44+,45-,48+,49-,50-,51-/m1/s1. The Labute approximate surface area is 415 Å². The molecule has 3 saturated heterocycles. The van der Waals surface area contributed by atoms with E-state index < -0.39 is 120 Å². The molecular formula is C51H87FN4O14. The van der Waals surface area contributed by atoms with Crippen LogP contribution in [0.2, 0.25) is 0 Å².